The number of benzene rings is 1. The molecule has 0 aromatic heterocycles. The van der Waals surface area contributed by atoms with Gasteiger partial charge in [0.2, 0.25) is 5.91 Å². The highest BCUT2D eigenvalue weighted by molar-refractivity contribution is 5.93. The van der Waals surface area contributed by atoms with Crippen LogP contribution in [0, 0.1) is 5.92 Å². The van der Waals surface area contributed by atoms with Crippen molar-refractivity contribution in [3.05, 3.63) is 24.3 Å². The Morgan fingerprint density at radius 3 is 3.00 bits per heavy atom. The topological polar surface area (TPSA) is 59.6 Å². The van der Waals surface area contributed by atoms with Gasteiger partial charge >= 0.3 is 0 Å². The highest BCUT2D eigenvalue weighted by Crippen LogP contribution is 2.21. The van der Waals surface area contributed by atoms with E-state index in [1.54, 1.807) is 0 Å². The molecule has 2 N–H and O–H groups in total. The zero-order chi connectivity index (χ0) is 15.2. The first-order chi connectivity index (χ1) is 10.1. The second kappa shape index (κ2) is 7.43. The van der Waals surface area contributed by atoms with Gasteiger partial charge in [-0.3, -0.25) is 4.79 Å². The fourth-order valence-corrected chi connectivity index (χ4v) is 2.29. The molecule has 1 aromatic carbocycles. The molecule has 5 heteroatoms. The van der Waals surface area contributed by atoms with E-state index in [0.717, 1.165) is 17.9 Å². The van der Waals surface area contributed by atoms with E-state index in [4.69, 9.17) is 9.47 Å². The van der Waals surface area contributed by atoms with Crippen LogP contribution in [0.1, 0.15) is 20.3 Å². The first-order valence-corrected chi connectivity index (χ1v) is 7.46. The molecule has 5 nitrogen and oxygen atoms in total. The Hall–Kier alpha value is -1.59. The Kier molecular flexibility index (Phi) is 5.59. The smallest absolute Gasteiger partial charge is 0.231 e. The van der Waals surface area contributed by atoms with Crippen LogP contribution in [0.2, 0.25) is 0 Å². The molecule has 1 aromatic rings. The van der Waals surface area contributed by atoms with Gasteiger partial charge in [-0.05, 0) is 32.5 Å². The second-order valence-electron chi connectivity index (χ2n) is 5.39. The van der Waals surface area contributed by atoms with Gasteiger partial charge in [-0.1, -0.05) is 13.0 Å². The summed E-state index contributed by atoms with van der Waals surface area (Å²) in [5.74, 6) is 0.594. The molecule has 3 unspecified atom stereocenters. The predicted molar refractivity (Wildman–Crippen MR) is 82.6 cm³/mol. The zero-order valence-electron chi connectivity index (χ0n) is 12.9. The zero-order valence-corrected chi connectivity index (χ0v) is 12.9. The summed E-state index contributed by atoms with van der Waals surface area (Å²) in [7, 11) is 1.85. The van der Waals surface area contributed by atoms with Crippen molar-refractivity contribution in [2.45, 2.75) is 32.4 Å². The highest BCUT2D eigenvalue weighted by atomic mass is 16.5. The average Bonchev–Trinajstić information content (AvgIpc) is 2.96. The summed E-state index contributed by atoms with van der Waals surface area (Å²) < 4.78 is 11.1. The predicted octanol–water partition coefficient (Wildman–Crippen LogP) is 2.04. The van der Waals surface area contributed by atoms with Crippen molar-refractivity contribution in [2.75, 3.05) is 25.6 Å². The number of ether oxygens (including phenoxy) is 2. The number of amides is 1. The highest BCUT2D eigenvalue weighted by Gasteiger charge is 2.32. The molecule has 21 heavy (non-hydrogen) atoms. The molecule has 2 rings (SSSR count). The van der Waals surface area contributed by atoms with Crippen LogP contribution in [0.15, 0.2) is 24.3 Å². The Morgan fingerprint density at radius 2 is 2.29 bits per heavy atom. The van der Waals surface area contributed by atoms with Crippen LogP contribution >= 0.6 is 0 Å². The Labute approximate surface area is 126 Å². The number of likely N-dealkylation sites (N-methyl/N-ethyl adjacent to an activating group) is 1. The monoisotopic (exact) mass is 292 g/mol. The summed E-state index contributed by atoms with van der Waals surface area (Å²) >= 11 is 0. The number of carbonyl (C=O) groups is 1. The largest absolute Gasteiger partial charge is 0.491 e. The van der Waals surface area contributed by atoms with Gasteiger partial charge in [-0.2, -0.15) is 0 Å². The number of anilines is 1. The lowest BCUT2D eigenvalue weighted by molar-refractivity contribution is -0.120. The molecule has 0 spiro atoms. The number of carbonyl (C=O) groups excluding carboxylic acids is 1. The molecule has 0 saturated carbocycles. The molecule has 116 valence electrons. The SMILES string of the molecule is CCC(C)Oc1cccc(NC(=O)C2COCC2NC)c1. The summed E-state index contributed by atoms with van der Waals surface area (Å²) in [5, 5.41) is 6.06. The number of hydrogen-bond acceptors (Lipinski definition) is 4. The van der Waals surface area contributed by atoms with E-state index < -0.39 is 0 Å². The standard InChI is InChI=1S/C16H24N2O3/c1-4-11(2)21-13-7-5-6-12(8-13)18-16(19)14-9-20-10-15(14)17-3/h5-8,11,14-15,17H,4,9-10H2,1-3H3,(H,18,19). The Bertz CT molecular complexity index is 478. The molecule has 1 heterocycles. The molecule has 0 aliphatic carbocycles. The quantitative estimate of drug-likeness (QED) is 0.842. The van der Waals surface area contributed by atoms with Gasteiger partial charge in [-0.15, -0.1) is 0 Å². The second-order valence-corrected chi connectivity index (χ2v) is 5.39. The normalized spacial score (nSPS) is 22.8. The van der Waals surface area contributed by atoms with E-state index >= 15 is 0 Å². The van der Waals surface area contributed by atoms with E-state index in [1.807, 2.05) is 38.2 Å². The minimum atomic E-state index is -0.158. The van der Waals surface area contributed by atoms with Crippen molar-refractivity contribution in [3.8, 4) is 5.75 Å². The van der Waals surface area contributed by atoms with Gasteiger partial charge in [0.05, 0.1) is 25.2 Å². The average molecular weight is 292 g/mol. The maximum atomic E-state index is 12.3. The van der Waals surface area contributed by atoms with Crippen LogP contribution < -0.4 is 15.4 Å². The maximum absolute atomic E-state index is 12.3. The number of rotatable bonds is 6. The first kappa shape index (κ1) is 15.8. The third-order valence-electron chi connectivity index (χ3n) is 3.80. The first-order valence-electron chi connectivity index (χ1n) is 7.46. The van der Waals surface area contributed by atoms with Gasteiger partial charge in [0, 0.05) is 17.8 Å². The number of hydrogen-bond donors (Lipinski definition) is 2. The molecule has 0 bridgehead atoms. The molecule has 3 atom stereocenters. The molecule has 0 radical (unpaired) electrons. The summed E-state index contributed by atoms with van der Waals surface area (Å²) in [5.41, 5.74) is 0.752. The lowest BCUT2D eigenvalue weighted by Gasteiger charge is -2.17. The van der Waals surface area contributed by atoms with Crippen molar-refractivity contribution in [2.24, 2.45) is 5.92 Å². The van der Waals surface area contributed by atoms with Crippen molar-refractivity contribution in [1.82, 2.24) is 5.32 Å². The summed E-state index contributed by atoms with van der Waals surface area (Å²) in [4.78, 5) is 12.3. The van der Waals surface area contributed by atoms with E-state index in [-0.39, 0.29) is 24.0 Å². The van der Waals surface area contributed by atoms with Gasteiger partial charge in [-0.25, -0.2) is 0 Å². The molecule has 1 aliphatic rings. The Balaban J connectivity index is 1.99. The molecule has 1 fully saturated rings. The molecule has 1 saturated heterocycles. The van der Waals surface area contributed by atoms with Gasteiger partial charge in [0.15, 0.2) is 0 Å². The molecular weight excluding hydrogens is 268 g/mol. The van der Waals surface area contributed by atoms with Crippen LogP contribution in [-0.4, -0.2) is 38.3 Å². The van der Waals surface area contributed by atoms with Crippen LogP contribution in [0.3, 0.4) is 0 Å². The number of nitrogens with one attached hydrogen (secondary N) is 2. The van der Waals surface area contributed by atoms with E-state index in [2.05, 4.69) is 17.6 Å². The van der Waals surface area contributed by atoms with Crippen LogP contribution in [0.4, 0.5) is 5.69 Å². The fourth-order valence-electron chi connectivity index (χ4n) is 2.29. The van der Waals surface area contributed by atoms with Gasteiger partial charge < -0.3 is 20.1 Å². The lowest BCUT2D eigenvalue weighted by Crippen LogP contribution is -2.39. The van der Waals surface area contributed by atoms with Gasteiger partial charge in [0.1, 0.15) is 5.75 Å². The summed E-state index contributed by atoms with van der Waals surface area (Å²) in [6, 6.07) is 7.58. The summed E-state index contributed by atoms with van der Waals surface area (Å²) in [6.07, 6.45) is 1.10. The lowest BCUT2D eigenvalue weighted by atomic mass is 10.0. The third-order valence-corrected chi connectivity index (χ3v) is 3.80. The fraction of sp³-hybridized carbons (Fsp3) is 0.562. The third kappa shape index (κ3) is 4.19. The minimum absolute atomic E-state index is 0.0208. The van der Waals surface area contributed by atoms with Crippen molar-refractivity contribution >= 4 is 11.6 Å². The van der Waals surface area contributed by atoms with Crippen molar-refractivity contribution in [3.63, 3.8) is 0 Å². The Morgan fingerprint density at radius 1 is 1.48 bits per heavy atom. The van der Waals surface area contributed by atoms with Crippen LogP contribution in [0.25, 0.3) is 0 Å². The van der Waals surface area contributed by atoms with Crippen LogP contribution in [-0.2, 0) is 9.53 Å². The summed E-state index contributed by atoms with van der Waals surface area (Å²) in [6.45, 7) is 5.14. The van der Waals surface area contributed by atoms with E-state index in [1.165, 1.54) is 0 Å². The molecule has 1 aliphatic heterocycles. The van der Waals surface area contributed by atoms with Gasteiger partial charge in [0.25, 0.3) is 0 Å². The maximum Gasteiger partial charge on any atom is 0.231 e. The van der Waals surface area contributed by atoms with Crippen molar-refractivity contribution < 1.29 is 14.3 Å². The van der Waals surface area contributed by atoms with Crippen molar-refractivity contribution in [1.29, 1.82) is 0 Å². The van der Waals surface area contributed by atoms with Crippen LogP contribution in [0.5, 0.6) is 5.75 Å². The minimum Gasteiger partial charge on any atom is -0.491 e. The molecule has 1 amide bonds. The molecular formula is C16H24N2O3. The van der Waals surface area contributed by atoms with E-state index in [0.29, 0.717) is 13.2 Å². The van der Waals surface area contributed by atoms with E-state index in [9.17, 15) is 4.79 Å².